The lowest BCUT2D eigenvalue weighted by atomic mass is 9.79. The minimum absolute atomic E-state index is 0.290. The minimum atomic E-state index is 0.290. The molecule has 0 aromatic rings. The molecule has 1 heterocycles. The number of amides is 1. The van der Waals surface area contributed by atoms with E-state index in [2.05, 4.69) is 11.8 Å². The molecule has 3 unspecified atom stereocenters. The molecular weight excluding hydrogens is 248 g/mol. The van der Waals surface area contributed by atoms with E-state index in [0.29, 0.717) is 17.7 Å². The van der Waals surface area contributed by atoms with Crippen molar-refractivity contribution in [2.24, 2.45) is 23.5 Å². The van der Waals surface area contributed by atoms with Crippen LogP contribution in [0, 0.1) is 17.8 Å². The third-order valence-electron chi connectivity index (χ3n) is 5.44. The van der Waals surface area contributed by atoms with Gasteiger partial charge in [0.2, 0.25) is 5.91 Å². The van der Waals surface area contributed by atoms with E-state index < -0.39 is 0 Å². The Labute approximate surface area is 124 Å². The maximum absolute atomic E-state index is 12.7. The van der Waals surface area contributed by atoms with Gasteiger partial charge in [-0.25, -0.2) is 0 Å². The van der Waals surface area contributed by atoms with E-state index in [1.54, 1.807) is 0 Å². The Bertz CT molecular complexity index is 299. The van der Waals surface area contributed by atoms with E-state index in [1.807, 2.05) is 0 Å². The normalized spacial score (nSPS) is 31.9. The zero-order chi connectivity index (χ0) is 14.4. The standard InChI is InChI=1S/C17H32N2O/c1-2-14-6-4-11-19(12-9-14)17(20)16-7-3-5-15(13-16)8-10-18/h14-16H,2-13,18H2,1H3. The fourth-order valence-electron chi connectivity index (χ4n) is 4.07. The second-order valence-electron chi connectivity index (χ2n) is 6.84. The van der Waals surface area contributed by atoms with Gasteiger partial charge in [-0.05, 0) is 56.9 Å². The van der Waals surface area contributed by atoms with Gasteiger partial charge in [-0.1, -0.05) is 26.2 Å². The first-order chi connectivity index (χ1) is 9.74. The Kier molecular flexibility index (Phi) is 6.34. The number of carbonyl (C=O) groups is 1. The van der Waals surface area contributed by atoms with Gasteiger partial charge in [-0.3, -0.25) is 4.79 Å². The highest BCUT2D eigenvalue weighted by atomic mass is 16.2. The molecule has 0 aromatic heterocycles. The van der Waals surface area contributed by atoms with Crippen molar-refractivity contribution in [3.63, 3.8) is 0 Å². The molecule has 2 N–H and O–H groups in total. The van der Waals surface area contributed by atoms with Gasteiger partial charge in [0, 0.05) is 19.0 Å². The van der Waals surface area contributed by atoms with Crippen LogP contribution in [0.1, 0.15) is 64.7 Å². The molecule has 2 aliphatic rings. The molecule has 0 bridgehead atoms. The quantitative estimate of drug-likeness (QED) is 0.859. The molecule has 1 aliphatic heterocycles. The Balaban J connectivity index is 1.86. The molecule has 1 amide bonds. The minimum Gasteiger partial charge on any atom is -0.342 e. The molecule has 0 spiro atoms. The van der Waals surface area contributed by atoms with E-state index in [-0.39, 0.29) is 0 Å². The smallest absolute Gasteiger partial charge is 0.225 e. The Morgan fingerprint density at radius 1 is 1.10 bits per heavy atom. The summed E-state index contributed by atoms with van der Waals surface area (Å²) in [6.45, 7) is 5.04. The van der Waals surface area contributed by atoms with Crippen LogP contribution in [0.3, 0.4) is 0 Å². The molecule has 3 atom stereocenters. The Hall–Kier alpha value is -0.570. The molecule has 0 aromatic carbocycles. The lowest BCUT2D eigenvalue weighted by molar-refractivity contribution is -0.137. The first-order valence-electron chi connectivity index (χ1n) is 8.73. The summed E-state index contributed by atoms with van der Waals surface area (Å²) >= 11 is 0. The molecule has 1 saturated carbocycles. The average molecular weight is 280 g/mol. The van der Waals surface area contributed by atoms with Crippen molar-refractivity contribution in [2.45, 2.75) is 64.7 Å². The van der Waals surface area contributed by atoms with Crippen LogP contribution in [-0.2, 0) is 4.79 Å². The fraction of sp³-hybridized carbons (Fsp3) is 0.941. The van der Waals surface area contributed by atoms with Gasteiger partial charge in [0.15, 0.2) is 0 Å². The van der Waals surface area contributed by atoms with Gasteiger partial charge in [0.25, 0.3) is 0 Å². The van der Waals surface area contributed by atoms with Gasteiger partial charge >= 0.3 is 0 Å². The topological polar surface area (TPSA) is 46.3 Å². The van der Waals surface area contributed by atoms with Crippen molar-refractivity contribution in [1.29, 1.82) is 0 Å². The summed E-state index contributed by atoms with van der Waals surface area (Å²) in [7, 11) is 0. The van der Waals surface area contributed by atoms with Gasteiger partial charge < -0.3 is 10.6 Å². The number of nitrogens with two attached hydrogens (primary N) is 1. The average Bonchev–Trinajstić information content (AvgIpc) is 2.72. The van der Waals surface area contributed by atoms with Crippen LogP contribution >= 0.6 is 0 Å². The molecule has 3 heteroatoms. The highest BCUT2D eigenvalue weighted by Crippen LogP contribution is 2.32. The van der Waals surface area contributed by atoms with Gasteiger partial charge in [-0.2, -0.15) is 0 Å². The zero-order valence-corrected chi connectivity index (χ0v) is 13.2. The van der Waals surface area contributed by atoms with Crippen molar-refractivity contribution in [2.75, 3.05) is 19.6 Å². The maximum atomic E-state index is 12.7. The fourth-order valence-corrected chi connectivity index (χ4v) is 4.07. The van der Waals surface area contributed by atoms with Gasteiger partial charge in [-0.15, -0.1) is 0 Å². The Morgan fingerprint density at radius 2 is 1.90 bits per heavy atom. The van der Waals surface area contributed by atoms with E-state index in [9.17, 15) is 4.79 Å². The number of hydrogen-bond donors (Lipinski definition) is 1. The predicted molar refractivity (Wildman–Crippen MR) is 83.3 cm³/mol. The number of rotatable bonds is 4. The molecule has 2 rings (SSSR count). The number of nitrogens with zero attached hydrogens (tertiary/aromatic N) is 1. The van der Waals surface area contributed by atoms with Crippen molar-refractivity contribution < 1.29 is 4.79 Å². The van der Waals surface area contributed by atoms with Crippen molar-refractivity contribution >= 4 is 5.91 Å². The van der Waals surface area contributed by atoms with E-state index in [1.165, 1.54) is 38.5 Å². The van der Waals surface area contributed by atoms with Crippen LogP contribution in [-0.4, -0.2) is 30.4 Å². The summed E-state index contributed by atoms with van der Waals surface area (Å²) in [4.78, 5) is 14.9. The monoisotopic (exact) mass is 280 g/mol. The van der Waals surface area contributed by atoms with Crippen molar-refractivity contribution in [1.82, 2.24) is 4.90 Å². The first kappa shape index (κ1) is 15.8. The second kappa shape index (κ2) is 8.02. The van der Waals surface area contributed by atoms with Crippen LogP contribution in [0.25, 0.3) is 0 Å². The number of carbonyl (C=O) groups excluding carboxylic acids is 1. The summed E-state index contributed by atoms with van der Waals surface area (Å²) in [5.41, 5.74) is 5.68. The molecule has 1 aliphatic carbocycles. The lowest BCUT2D eigenvalue weighted by Gasteiger charge is -2.32. The van der Waals surface area contributed by atoms with Crippen molar-refractivity contribution in [3.8, 4) is 0 Å². The molecule has 1 saturated heterocycles. The van der Waals surface area contributed by atoms with Crippen LogP contribution < -0.4 is 5.73 Å². The van der Waals surface area contributed by atoms with Crippen LogP contribution in [0.5, 0.6) is 0 Å². The third-order valence-corrected chi connectivity index (χ3v) is 5.44. The molecule has 3 nitrogen and oxygen atoms in total. The summed E-state index contributed by atoms with van der Waals surface area (Å²) < 4.78 is 0. The van der Waals surface area contributed by atoms with Crippen LogP contribution in [0.4, 0.5) is 0 Å². The molecule has 20 heavy (non-hydrogen) atoms. The van der Waals surface area contributed by atoms with E-state index in [0.717, 1.165) is 44.8 Å². The Morgan fingerprint density at radius 3 is 2.65 bits per heavy atom. The third kappa shape index (κ3) is 4.21. The summed E-state index contributed by atoms with van der Waals surface area (Å²) in [5, 5.41) is 0. The lowest BCUT2D eigenvalue weighted by Crippen LogP contribution is -2.39. The summed E-state index contributed by atoms with van der Waals surface area (Å²) in [5.74, 6) is 2.27. The van der Waals surface area contributed by atoms with Gasteiger partial charge in [0.1, 0.15) is 0 Å². The maximum Gasteiger partial charge on any atom is 0.225 e. The summed E-state index contributed by atoms with van der Waals surface area (Å²) in [6, 6.07) is 0. The highest BCUT2D eigenvalue weighted by molar-refractivity contribution is 5.79. The van der Waals surface area contributed by atoms with Crippen LogP contribution in [0.2, 0.25) is 0 Å². The zero-order valence-electron chi connectivity index (χ0n) is 13.2. The molecule has 2 fully saturated rings. The molecular formula is C17H32N2O. The van der Waals surface area contributed by atoms with E-state index in [4.69, 9.17) is 5.73 Å². The largest absolute Gasteiger partial charge is 0.342 e. The number of hydrogen-bond acceptors (Lipinski definition) is 2. The highest BCUT2D eigenvalue weighted by Gasteiger charge is 2.30. The molecule has 116 valence electrons. The van der Waals surface area contributed by atoms with E-state index >= 15 is 0 Å². The molecule has 0 radical (unpaired) electrons. The van der Waals surface area contributed by atoms with Crippen molar-refractivity contribution in [3.05, 3.63) is 0 Å². The first-order valence-corrected chi connectivity index (χ1v) is 8.73. The summed E-state index contributed by atoms with van der Waals surface area (Å²) in [6.07, 6.45) is 10.8. The predicted octanol–water partition coefficient (Wildman–Crippen LogP) is 3.18. The second-order valence-corrected chi connectivity index (χ2v) is 6.84. The van der Waals surface area contributed by atoms with Crippen LogP contribution in [0.15, 0.2) is 0 Å². The SMILES string of the molecule is CCC1CCCN(C(=O)C2CCCC(CCN)C2)CC1. The van der Waals surface area contributed by atoms with Gasteiger partial charge in [0.05, 0.1) is 0 Å². The number of likely N-dealkylation sites (tertiary alicyclic amines) is 1.